The van der Waals surface area contributed by atoms with E-state index in [9.17, 15) is 9.90 Å². The number of likely N-dealkylation sites (tertiary alicyclic amines) is 1. The van der Waals surface area contributed by atoms with Gasteiger partial charge in [0.1, 0.15) is 5.75 Å². The van der Waals surface area contributed by atoms with Crippen LogP contribution in [0.25, 0.3) is 6.08 Å². The van der Waals surface area contributed by atoms with Crippen molar-refractivity contribution in [3.05, 3.63) is 59.2 Å². The first-order chi connectivity index (χ1) is 13.1. The molecule has 0 amide bonds. The molecule has 0 atom stereocenters. The molecule has 27 heavy (non-hydrogen) atoms. The molecule has 1 aliphatic heterocycles. The lowest BCUT2D eigenvalue weighted by molar-refractivity contribution is 0.104. The molecule has 0 unspecified atom stereocenters. The largest absolute Gasteiger partial charge is 0.507 e. The third-order valence-corrected chi connectivity index (χ3v) is 4.75. The van der Waals surface area contributed by atoms with Crippen molar-refractivity contribution in [2.45, 2.75) is 19.4 Å². The monoisotopic (exact) mass is 367 g/mol. The third-order valence-electron chi connectivity index (χ3n) is 4.75. The van der Waals surface area contributed by atoms with Crippen LogP contribution in [-0.4, -0.2) is 43.1 Å². The van der Waals surface area contributed by atoms with Crippen LogP contribution in [0.5, 0.6) is 17.2 Å². The number of rotatable bonds is 7. The maximum absolute atomic E-state index is 12.5. The molecule has 3 rings (SSSR count). The molecular formula is C22H25NO4. The van der Waals surface area contributed by atoms with E-state index in [1.54, 1.807) is 6.08 Å². The lowest BCUT2D eigenvalue weighted by Crippen LogP contribution is -2.18. The number of carbonyl (C=O) groups is 1. The van der Waals surface area contributed by atoms with Crippen molar-refractivity contribution in [1.82, 2.24) is 4.90 Å². The lowest BCUT2D eigenvalue weighted by atomic mass is 10.1. The van der Waals surface area contributed by atoms with Crippen molar-refractivity contribution in [3.63, 3.8) is 0 Å². The summed E-state index contributed by atoms with van der Waals surface area (Å²) in [5.41, 5.74) is 2.37. The number of ether oxygens (including phenoxy) is 2. The van der Waals surface area contributed by atoms with E-state index in [2.05, 4.69) is 17.0 Å². The van der Waals surface area contributed by atoms with Gasteiger partial charge in [0.2, 0.25) is 0 Å². The Bertz CT molecular complexity index is 838. The van der Waals surface area contributed by atoms with Gasteiger partial charge < -0.3 is 14.6 Å². The fraction of sp³-hybridized carbons (Fsp3) is 0.318. The Morgan fingerprint density at radius 2 is 1.81 bits per heavy atom. The minimum absolute atomic E-state index is 0.134. The fourth-order valence-corrected chi connectivity index (χ4v) is 3.32. The molecule has 142 valence electrons. The minimum atomic E-state index is -0.293. The molecule has 0 bridgehead atoms. The number of methoxy groups -OCH3 is 2. The summed E-state index contributed by atoms with van der Waals surface area (Å²) in [4.78, 5) is 15.0. The molecule has 1 fully saturated rings. The topological polar surface area (TPSA) is 59.0 Å². The summed E-state index contributed by atoms with van der Waals surface area (Å²) >= 11 is 0. The van der Waals surface area contributed by atoms with Gasteiger partial charge in [0, 0.05) is 12.6 Å². The Labute approximate surface area is 159 Å². The summed E-state index contributed by atoms with van der Waals surface area (Å²) in [5, 5.41) is 10.1. The van der Waals surface area contributed by atoms with E-state index in [1.807, 2.05) is 12.1 Å². The fourth-order valence-electron chi connectivity index (χ4n) is 3.32. The van der Waals surface area contributed by atoms with Crippen LogP contribution in [0.4, 0.5) is 0 Å². The molecule has 0 saturated carbocycles. The van der Waals surface area contributed by atoms with E-state index in [0.717, 1.165) is 25.2 Å². The highest BCUT2D eigenvalue weighted by Gasteiger charge is 2.15. The van der Waals surface area contributed by atoms with E-state index in [0.29, 0.717) is 11.5 Å². The number of aromatic hydroxyl groups is 1. The highest BCUT2D eigenvalue weighted by atomic mass is 16.5. The Balaban J connectivity index is 1.75. The van der Waals surface area contributed by atoms with Crippen LogP contribution in [0.15, 0.2) is 42.5 Å². The number of phenolic OH excluding ortho intramolecular Hbond substituents is 1. The van der Waals surface area contributed by atoms with Crippen LogP contribution in [0.2, 0.25) is 0 Å². The first-order valence-electron chi connectivity index (χ1n) is 9.09. The quantitative estimate of drug-likeness (QED) is 0.594. The minimum Gasteiger partial charge on any atom is -0.507 e. The molecule has 1 saturated heterocycles. The predicted molar refractivity (Wildman–Crippen MR) is 106 cm³/mol. The Morgan fingerprint density at radius 1 is 1.11 bits per heavy atom. The van der Waals surface area contributed by atoms with E-state index in [1.165, 1.54) is 50.8 Å². The second-order valence-corrected chi connectivity index (χ2v) is 6.65. The molecule has 0 spiro atoms. The SMILES string of the molecule is COc1cc(O)c(C(=O)/C=C/c2cccc(CN3CCCC3)c2)cc1OC. The number of hydrogen-bond donors (Lipinski definition) is 1. The van der Waals surface area contributed by atoms with Crippen LogP contribution in [0.1, 0.15) is 34.3 Å². The van der Waals surface area contributed by atoms with Gasteiger partial charge in [0.25, 0.3) is 0 Å². The summed E-state index contributed by atoms with van der Waals surface area (Å²) in [5.74, 6) is 0.355. The lowest BCUT2D eigenvalue weighted by Gasteiger charge is -2.14. The summed E-state index contributed by atoms with van der Waals surface area (Å²) in [6.45, 7) is 3.24. The zero-order chi connectivity index (χ0) is 19.2. The molecule has 1 N–H and O–H groups in total. The van der Waals surface area contributed by atoms with Crippen molar-refractivity contribution in [1.29, 1.82) is 0 Å². The maximum Gasteiger partial charge on any atom is 0.189 e. The molecule has 0 aromatic heterocycles. The van der Waals surface area contributed by atoms with Crippen molar-refractivity contribution in [2.24, 2.45) is 0 Å². The number of carbonyl (C=O) groups excluding carboxylic acids is 1. The van der Waals surface area contributed by atoms with Gasteiger partial charge in [-0.05, 0) is 49.2 Å². The average molecular weight is 367 g/mol. The van der Waals surface area contributed by atoms with Gasteiger partial charge >= 0.3 is 0 Å². The van der Waals surface area contributed by atoms with Gasteiger partial charge in [-0.2, -0.15) is 0 Å². The van der Waals surface area contributed by atoms with Gasteiger partial charge in [0.15, 0.2) is 17.3 Å². The Kier molecular flexibility index (Phi) is 6.14. The molecule has 0 aliphatic carbocycles. The molecule has 1 aliphatic rings. The number of hydrogen-bond acceptors (Lipinski definition) is 5. The second-order valence-electron chi connectivity index (χ2n) is 6.65. The van der Waals surface area contributed by atoms with Gasteiger partial charge in [-0.3, -0.25) is 9.69 Å². The van der Waals surface area contributed by atoms with Gasteiger partial charge in [-0.25, -0.2) is 0 Å². The molecule has 5 nitrogen and oxygen atoms in total. The van der Waals surface area contributed by atoms with Crippen molar-refractivity contribution in [2.75, 3.05) is 27.3 Å². The Morgan fingerprint density at radius 3 is 2.52 bits per heavy atom. The highest BCUT2D eigenvalue weighted by Crippen LogP contribution is 2.34. The zero-order valence-corrected chi connectivity index (χ0v) is 15.8. The van der Waals surface area contributed by atoms with Gasteiger partial charge in [0.05, 0.1) is 19.8 Å². The molecule has 0 radical (unpaired) electrons. The van der Waals surface area contributed by atoms with E-state index < -0.39 is 0 Å². The second kappa shape index (κ2) is 8.73. The van der Waals surface area contributed by atoms with Crippen LogP contribution in [-0.2, 0) is 6.54 Å². The summed E-state index contributed by atoms with van der Waals surface area (Å²) in [6.07, 6.45) is 5.77. The maximum atomic E-state index is 12.5. The smallest absolute Gasteiger partial charge is 0.189 e. The first kappa shape index (κ1) is 19.0. The number of phenols is 1. The summed E-state index contributed by atoms with van der Waals surface area (Å²) in [7, 11) is 2.97. The molecule has 2 aromatic carbocycles. The van der Waals surface area contributed by atoms with Gasteiger partial charge in [-0.15, -0.1) is 0 Å². The number of allylic oxidation sites excluding steroid dienone is 1. The number of ketones is 1. The van der Waals surface area contributed by atoms with Crippen LogP contribution >= 0.6 is 0 Å². The van der Waals surface area contributed by atoms with Crippen molar-refractivity contribution >= 4 is 11.9 Å². The molecule has 2 aromatic rings. The highest BCUT2D eigenvalue weighted by molar-refractivity contribution is 6.09. The standard InChI is InChI=1S/C22H25NO4/c1-26-21-13-18(20(25)14-22(21)27-2)19(24)9-8-16-6-5-7-17(12-16)15-23-10-3-4-11-23/h5-9,12-14,25H,3-4,10-11,15H2,1-2H3/b9-8+. The van der Waals surface area contributed by atoms with E-state index >= 15 is 0 Å². The third kappa shape index (κ3) is 4.68. The Hall–Kier alpha value is -2.79. The van der Waals surface area contributed by atoms with Gasteiger partial charge in [-0.1, -0.05) is 30.3 Å². The zero-order valence-electron chi connectivity index (χ0n) is 15.8. The molecular weight excluding hydrogens is 342 g/mol. The predicted octanol–water partition coefficient (Wildman–Crippen LogP) is 3.90. The molecule has 1 heterocycles. The van der Waals surface area contributed by atoms with Crippen molar-refractivity contribution in [3.8, 4) is 17.2 Å². The van der Waals surface area contributed by atoms with Crippen molar-refractivity contribution < 1.29 is 19.4 Å². The average Bonchev–Trinajstić information content (AvgIpc) is 3.19. The summed E-state index contributed by atoms with van der Waals surface area (Å²) < 4.78 is 10.3. The van der Waals surface area contributed by atoms with Crippen LogP contribution < -0.4 is 9.47 Å². The van der Waals surface area contributed by atoms with E-state index in [-0.39, 0.29) is 17.1 Å². The molecule has 5 heteroatoms. The van der Waals surface area contributed by atoms with E-state index in [4.69, 9.17) is 9.47 Å². The normalized spacial score (nSPS) is 14.6. The van der Waals surface area contributed by atoms with Crippen LogP contribution in [0.3, 0.4) is 0 Å². The van der Waals surface area contributed by atoms with Crippen LogP contribution in [0, 0.1) is 0 Å². The number of benzene rings is 2. The summed E-state index contributed by atoms with van der Waals surface area (Å²) in [6, 6.07) is 11.0. The first-order valence-corrected chi connectivity index (χ1v) is 9.09. The number of nitrogens with zero attached hydrogens (tertiary/aromatic N) is 1.